The maximum absolute atomic E-state index is 14.1. The first-order valence-corrected chi connectivity index (χ1v) is 19.5. The zero-order valence-electron chi connectivity index (χ0n) is 32.0. The minimum Gasteiger partial charge on any atom is -0.465 e. The summed E-state index contributed by atoms with van der Waals surface area (Å²) in [5, 5.41) is 15.7. The number of benzene rings is 3. The van der Waals surface area contributed by atoms with Crippen molar-refractivity contribution < 1.29 is 24.2 Å². The number of carboxylic acid groups (broad SMARTS) is 1. The van der Waals surface area contributed by atoms with E-state index in [0.717, 1.165) is 81.6 Å². The van der Waals surface area contributed by atoms with E-state index >= 15 is 0 Å². The van der Waals surface area contributed by atoms with Gasteiger partial charge < -0.3 is 39.9 Å². The summed E-state index contributed by atoms with van der Waals surface area (Å²) < 4.78 is 5.32. The molecular formula is C43H47N9O5. The van der Waals surface area contributed by atoms with E-state index in [2.05, 4.69) is 73.0 Å². The average Bonchev–Trinajstić information content (AvgIpc) is 4.09. The number of hydrogen-bond acceptors (Lipinski definition) is 7. The molecule has 14 nitrogen and oxygen atoms in total. The summed E-state index contributed by atoms with van der Waals surface area (Å²) in [6.07, 6.45) is 8.24. The number of methoxy groups -OCH3 is 1. The van der Waals surface area contributed by atoms with Gasteiger partial charge >= 0.3 is 6.09 Å². The van der Waals surface area contributed by atoms with Gasteiger partial charge in [-0.25, -0.2) is 14.8 Å². The third-order valence-corrected chi connectivity index (χ3v) is 11.2. The number of hydrogen-bond donors (Lipinski definition) is 6. The Morgan fingerprint density at radius 3 is 1.91 bits per heavy atom. The van der Waals surface area contributed by atoms with Gasteiger partial charge in [-0.1, -0.05) is 66.7 Å². The highest BCUT2D eigenvalue weighted by atomic mass is 16.5. The molecule has 57 heavy (non-hydrogen) atoms. The lowest BCUT2D eigenvalue weighted by Crippen LogP contribution is -2.48. The number of nitrogens with zero attached hydrogens (tertiary/aromatic N) is 4. The highest BCUT2D eigenvalue weighted by Crippen LogP contribution is 2.35. The first-order chi connectivity index (χ1) is 27.8. The Bertz CT molecular complexity index is 2350. The summed E-state index contributed by atoms with van der Waals surface area (Å²) in [5.74, 6) is 1.26. The Labute approximate surface area is 330 Å². The first kappa shape index (κ1) is 37.7. The smallest absolute Gasteiger partial charge is 0.405 e. The van der Waals surface area contributed by atoms with E-state index in [1.807, 2.05) is 47.6 Å². The largest absolute Gasteiger partial charge is 0.465 e. The summed E-state index contributed by atoms with van der Waals surface area (Å²) in [6, 6.07) is 23.0. The second kappa shape index (κ2) is 16.5. The second-order valence-electron chi connectivity index (χ2n) is 14.8. The van der Waals surface area contributed by atoms with Gasteiger partial charge in [0.25, 0.3) is 0 Å². The summed E-state index contributed by atoms with van der Waals surface area (Å²) in [4.78, 5) is 61.4. The molecule has 2 aliphatic rings. The van der Waals surface area contributed by atoms with Crippen LogP contribution in [0.15, 0.2) is 91.4 Å². The van der Waals surface area contributed by atoms with Gasteiger partial charge in [0.1, 0.15) is 17.7 Å². The molecule has 6 N–H and O–H groups in total. The second-order valence-corrected chi connectivity index (χ2v) is 14.8. The summed E-state index contributed by atoms with van der Waals surface area (Å²) in [7, 11) is 1.62. The first-order valence-electron chi connectivity index (χ1n) is 19.5. The van der Waals surface area contributed by atoms with Gasteiger partial charge in [-0.15, -0.1) is 0 Å². The molecule has 4 atom stereocenters. The van der Waals surface area contributed by atoms with E-state index in [1.54, 1.807) is 25.1 Å². The third kappa shape index (κ3) is 7.91. The normalized spacial score (nSPS) is 17.9. The lowest BCUT2D eigenvalue weighted by molar-refractivity contribution is -0.135. The average molecular weight is 770 g/mol. The Balaban J connectivity index is 0.918. The van der Waals surface area contributed by atoms with Crippen molar-refractivity contribution in [2.45, 2.75) is 63.2 Å². The molecule has 2 aliphatic heterocycles. The number of carbonyl (C=O) groups is 3. The van der Waals surface area contributed by atoms with Crippen LogP contribution >= 0.6 is 0 Å². The van der Waals surface area contributed by atoms with Gasteiger partial charge in [0.05, 0.1) is 48.6 Å². The number of carbonyl (C=O) groups excluding carboxylic acids is 2. The number of rotatable bonds is 13. The van der Waals surface area contributed by atoms with E-state index in [4.69, 9.17) is 14.8 Å². The van der Waals surface area contributed by atoms with E-state index in [9.17, 15) is 14.4 Å². The van der Waals surface area contributed by atoms with Crippen molar-refractivity contribution in [3.63, 3.8) is 0 Å². The highest BCUT2D eigenvalue weighted by molar-refractivity contribution is 5.87. The standard InChI is InChI=1S/C43H47N9O5/c1-26(48-43(55)56)41(53)51-19-5-9-37(51)39-45-23-35(49-39)29-15-11-27(12-16-29)28-13-17-30(18-14-28)36-24-46-40(50-36)38-10-6-20-52(38)42(54)34(47-25-57-2)21-31-22-44-33-8-4-3-7-32(31)33/h3-4,7-8,11-18,22-24,26,34,37-38,44,47-48H,5-6,9-10,19-21,25H2,1-2H3,(H,45,49)(H,46,50)(H,55,56)/t26-,34-,37-,38-/m0/s1. The number of fused-ring (bicyclic) bond motifs is 1. The number of H-pyrrole nitrogens is 3. The van der Waals surface area contributed by atoms with Gasteiger partial charge in [-0.3, -0.25) is 14.9 Å². The number of ether oxygens (including phenoxy) is 1. The van der Waals surface area contributed by atoms with Crippen LogP contribution in [0, 0.1) is 0 Å². The quantitative estimate of drug-likeness (QED) is 0.0729. The molecule has 3 amide bonds. The number of nitrogens with one attached hydrogen (secondary N) is 5. The van der Waals surface area contributed by atoms with Gasteiger partial charge in [-0.05, 0) is 72.9 Å². The molecule has 3 aromatic heterocycles. The van der Waals surface area contributed by atoms with E-state index < -0.39 is 18.2 Å². The van der Waals surface area contributed by atoms with Gasteiger partial charge in [0.2, 0.25) is 11.8 Å². The molecular weight excluding hydrogens is 723 g/mol. The molecule has 2 saturated heterocycles. The minimum atomic E-state index is -1.22. The van der Waals surface area contributed by atoms with Crippen LogP contribution in [0.5, 0.6) is 0 Å². The topological polar surface area (TPSA) is 184 Å². The molecule has 0 saturated carbocycles. The molecule has 0 aliphatic carbocycles. The van der Waals surface area contributed by atoms with Gasteiger partial charge in [0, 0.05) is 37.3 Å². The van der Waals surface area contributed by atoms with Crippen molar-refractivity contribution in [2.24, 2.45) is 0 Å². The predicted octanol–water partition coefficient (Wildman–Crippen LogP) is 6.40. The summed E-state index contributed by atoms with van der Waals surface area (Å²) in [6.45, 7) is 3.06. The molecule has 0 spiro atoms. The van der Waals surface area contributed by atoms with Crippen LogP contribution in [0.2, 0.25) is 0 Å². The molecule has 6 aromatic rings. The summed E-state index contributed by atoms with van der Waals surface area (Å²) in [5.41, 5.74) is 7.97. The van der Waals surface area contributed by atoms with Crippen LogP contribution in [-0.2, 0) is 20.7 Å². The van der Waals surface area contributed by atoms with Crippen molar-refractivity contribution in [1.82, 2.24) is 45.4 Å². The number of para-hydroxylation sites is 1. The van der Waals surface area contributed by atoms with Crippen LogP contribution in [0.3, 0.4) is 0 Å². The van der Waals surface area contributed by atoms with Crippen LogP contribution in [0.1, 0.15) is 61.9 Å². The fraction of sp³-hybridized carbons (Fsp3) is 0.326. The monoisotopic (exact) mass is 769 g/mol. The lowest BCUT2D eigenvalue weighted by Gasteiger charge is -2.28. The van der Waals surface area contributed by atoms with Crippen LogP contribution < -0.4 is 10.6 Å². The number of imidazole rings is 2. The van der Waals surface area contributed by atoms with E-state index in [0.29, 0.717) is 25.3 Å². The molecule has 5 heterocycles. The number of likely N-dealkylation sites (tertiary alicyclic amines) is 2. The fourth-order valence-electron chi connectivity index (χ4n) is 8.27. The van der Waals surface area contributed by atoms with Crippen LogP contribution in [0.25, 0.3) is 44.5 Å². The molecule has 0 bridgehead atoms. The van der Waals surface area contributed by atoms with Crippen molar-refractivity contribution >= 4 is 28.8 Å². The van der Waals surface area contributed by atoms with E-state index in [1.165, 1.54) is 0 Å². The molecule has 8 rings (SSSR count). The minimum absolute atomic E-state index is 0.0375. The zero-order valence-corrected chi connectivity index (χ0v) is 32.0. The van der Waals surface area contributed by atoms with Crippen LogP contribution in [-0.4, -0.2) is 96.7 Å². The third-order valence-electron chi connectivity index (χ3n) is 11.2. The number of aromatic nitrogens is 5. The molecule has 0 unspecified atom stereocenters. The molecule has 0 radical (unpaired) electrons. The lowest BCUT2D eigenvalue weighted by atomic mass is 10.0. The Morgan fingerprint density at radius 1 is 0.807 bits per heavy atom. The Kier molecular flexibility index (Phi) is 10.9. The fourth-order valence-corrected chi connectivity index (χ4v) is 8.27. The van der Waals surface area contributed by atoms with E-state index in [-0.39, 0.29) is 30.6 Å². The number of amides is 3. The molecule has 3 aromatic carbocycles. The van der Waals surface area contributed by atoms with Crippen molar-refractivity contribution in [2.75, 3.05) is 26.9 Å². The van der Waals surface area contributed by atoms with Gasteiger partial charge in [0.15, 0.2) is 0 Å². The highest BCUT2D eigenvalue weighted by Gasteiger charge is 2.37. The molecule has 2 fully saturated rings. The van der Waals surface area contributed by atoms with Gasteiger partial charge in [-0.2, -0.15) is 0 Å². The summed E-state index contributed by atoms with van der Waals surface area (Å²) >= 11 is 0. The predicted molar refractivity (Wildman–Crippen MR) is 216 cm³/mol. The maximum atomic E-state index is 14.1. The molecule has 14 heteroatoms. The SMILES string of the molecule is COCN[C@@H](Cc1c[nH]c2ccccc12)C(=O)N1CCC[C@H]1c1ncc(-c2ccc(-c3ccc(-c4cnc([C@@H]5CCCN5C(=O)[C@H](C)NC(=O)O)[nH]4)cc3)cc2)[nH]1. The Hall–Kier alpha value is -6.25. The van der Waals surface area contributed by atoms with Crippen molar-refractivity contribution in [1.29, 1.82) is 0 Å². The van der Waals surface area contributed by atoms with Crippen molar-refractivity contribution in [3.8, 4) is 33.6 Å². The zero-order chi connectivity index (χ0) is 39.5. The Morgan fingerprint density at radius 2 is 1.35 bits per heavy atom. The molecule has 294 valence electrons. The maximum Gasteiger partial charge on any atom is 0.405 e. The number of aromatic amines is 3. The van der Waals surface area contributed by atoms with Crippen LogP contribution in [0.4, 0.5) is 4.79 Å². The van der Waals surface area contributed by atoms with Crippen molar-refractivity contribution in [3.05, 3.63) is 109 Å².